The first kappa shape index (κ1) is 24.8. The van der Waals surface area contributed by atoms with Crippen LogP contribution in [-0.2, 0) is 6.42 Å². The minimum atomic E-state index is -0.370. The van der Waals surface area contributed by atoms with Crippen LogP contribution in [0.1, 0.15) is 52.6 Å². The van der Waals surface area contributed by atoms with Crippen LogP contribution in [0, 0.1) is 12.7 Å². The predicted octanol–water partition coefficient (Wildman–Crippen LogP) is 4.27. The van der Waals surface area contributed by atoms with E-state index in [9.17, 15) is 9.18 Å². The van der Waals surface area contributed by atoms with E-state index in [1.807, 2.05) is 20.8 Å². The van der Waals surface area contributed by atoms with Crippen LogP contribution in [0.5, 0.6) is 0 Å². The van der Waals surface area contributed by atoms with Gasteiger partial charge in [0.05, 0.1) is 16.2 Å². The number of halogens is 3. The van der Waals surface area contributed by atoms with Gasteiger partial charge >= 0.3 is 0 Å². The van der Waals surface area contributed by atoms with Gasteiger partial charge in [-0.15, -0.1) is 36.2 Å². The van der Waals surface area contributed by atoms with E-state index in [0.717, 1.165) is 23.4 Å². The number of nitrogens with one attached hydrogen (secondary N) is 1. The summed E-state index contributed by atoms with van der Waals surface area (Å²) in [6, 6.07) is 6.34. The number of thiazole rings is 1. The normalized spacial score (nSPS) is 10.7. The topological polar surface area (TPSA) is 68.0 Å². The summed E-state index contributed by atoms with van der Waals surface area (Å²) < 4.78 is 13.0. The zero-order chi connectivity index (χ0) is 17.7. The summed E-state index contributed by atoms with van der Waals surface area (Å²) in [5.41, 5.74) is 7.17. The van der Waals surface area contributed by atoms with Gasteiger partial charge in [0.15, 0.2) is 0 Å². The van der Waals surface area contributed by atoms with Crippen molar-refractivity contribution >= 4 is 42.1 Å². The lowest BCUT2D eigenvalue weighted by atomic mass is 9.93. The number of carbonyl (C=O) groups excluding carboxylic acids is 1. The molecule has 1 aromatic carbocycles. The zero-order valence-electron chi connectivity index (χ0n) is 15.2. The van der Waals surface area contributed by atoms with Crippen LogP contribution in [0.15, 0.2) is 24.3 Å². The molecule has 2 rings (SSSR count). The van der Waals surface area contributed by atoms with Crippen LogP contribution in [-0.4, -0.2) is 23.0 Å². The van der Waals surface area contributed by atoms with Crippen molar-refractivity contribution in [2.24, 2.45) is 5.73 Å². The summed E-state index contributed by atoms with van der Waals surface area (Å²) >= 11 is 1.38. The Kier molecular flexibility index (Phi) is 10.3. The number of aromatic nitrogens is 1. The fourth-order valence-electron chi connectivity index (χ4n) is 2.58. The van der Waals surface area contributed by atoms with E-state index >= 15 is 0 Å². The van der Waals surface area contributed by atoms with Gasteiger partial charge in [0, 0.05) is 13.0 Å². The van der Waals surface area contributed by atoms with E-state index in [1.54, 1.807) is 12.1 Å². The monoisotopic (exact) mass is 421 g/mol. The van der Waals surface area contributed by atoms with Gasteiger partial charge < -0.3 is 11.1 Å². The maximum absolute atomic E-state index is 13.0. The molecule has 0 radical (unpaired) electrons. The lowest BCUT2D eigenvalue weighted by molar-refractivity contribution is 0.0898. The molecule has 0 unspecified atom stereocenters. The van der Waals surface area contributed by atoms with E-state index in [0.29, 0.717) is 23.5 Å². The molecule has 0 saturated carbocycles. The van der Waals surface area contributed by atoms with E-state index in [2.05, 4.69) is 10.3 Å². The molecule has 3 N–H and O–H groups in total. The van der Waals surface area contributed by atoms with Crippen molar-refractivity contribution in [3.05, 3.63) is 51.2 Å². The van der Waals surface area contributed by atoms with Gasteiger partial charge in [-0.05, 0) is 37.5 Å². The van der Waals surface area contributed by atoms with Gasteiger partial charge in [0.1, 0.15) is 10.7 Å². The number of hydrogen-bond acceptors (Lipinski definition) is 4. The van der Waals surface area contributed by atoms with Crippen molar-refractivity contribution < 1.29 is 9.18 Å². The van der Waals surface area contributed by atoms with Crippen LogP contribution < -0.4 is 11.1 Å². The molecule has 8 heteroatoms. The Morgan fingerprint density at radius 2 is 1.81 bits per heavy atom. The van der Waals surface area contributed by atoms with E-state index < -0.39 is 0 Å². The maximum atomic E-state index is 13.0. The standard InChI is InChI=1S/C18H24FN3OS.2ClH/c1-4-18(5-2,11-20)22-17(23)16-12(3)21-15(24-16)10-13-6-8-14(19)9-7-13;;/h6-9H,4-5,10-11,20H2,1-3H3,(H,22,23);2*1H. The third kappa shape index (κ3) is 5.91. The number of amides is 1. The van der Waals surface area contributed by atoms with E-state index in [-0.39, 0.29) is 42.1 Å². The van der Waals surface area contributed by atoms with E-state index in [4.69, 9.17) is 5.73 Å². The number of hydrogen-bond donors (Lipinski definition) is 2. The fraction of sp³-hybridized carbons (Fsp3) is 0.444. The third-order valence-corrected chi connectivity index (χ3v) is 5.59. The SMILES string of the molecule is CCC(CC)(CN)NC(=O)c1sc(Cc2ccc(F)cc2)nc1C.Cl.Cl. The van der Waals surface area contributed by atoms with Crippen LogP contribution in [0.25, 0.3) is 0 Å². The molecule has 0 fully saturated rings. The van der Waals surface area contributed by atoms with Crippen LogP contribution in [0.4, 0.5) is 4.39 Å². The molecule has 146 valence electrons. The molecule has 0 aliphatic carbocycles. The molecule has 1 amide bonds. The minimum absolute atomic E-state index is 0. The summed E-state index contributed by atoms with van der Waals surface area (Å²) in [7, 11) is 0. The molecule has 4 nitrogen and oxygen atoms in total. The van der Waals surface area contributed by atoms with Crippen LogP contribution in [0.2, 0.25) is 0 Å². The summed E-state index contributed by atoms with van der Waals surface area (Å²) in [6.07, 6.45) is 2.15. The smallest absolute Gasteiger partial charge is 0.263 e. The Balaban J connectivity index is 0.00000312. The van der Waals surface area contributed by atoms with Crippen molar-refractivity contribution in [3.63, 3.8) is 0 Å². The van der Waals surface area contributed by atoms with Crippen molar-refractivity contribution in [3.8, 4) is 0 Å². The number of nitrogens with two attached hydrogens (primary N) is 1. The molecule has 0 atom stereocenters. The molecule has 0 aliphatic heterocycles. The summed E-state index contributed by atoms with van der Waals surface area (Å²) in [4.78, 5) is 17.7. The van der Waals surface area contributed by atoms with E-state index in [1.165, 1.54) is 23.5 Å². The second-order valence-corrected chi connectivity index (χ2v) is 7.05. The summed E-state index contributed by atoms with van der Waals surface area (Å²) in [5.74, 6) is -0.379. The third-order valence-electron chi connectivity index (χ3n) is 4.44. The first-order valence-electron chi connectivity index (χ1n) is 8.16. The Morgan fingerprint density at radius 3 is 2.31 bits per heavy atom. The summed E-state index contributed by atoms with van der Waals surface area (Å²) in [5, 5.41) is 3.92. The largest absolute Gasteiger partial charge is 0.345 e. The van der Waals surface area contributed by atoms with Gasteiger partial charge in [-0.3, -0.25) is 4.79 Å². The van der Waals surface area contributed by atoms with Crippen molar-refractivity contribution in [2.45, 2.75) is 45.6 Å². The number of nitrogens with zero attached hydrogens (tertiary/aromatic N) is 1. The Labute approximate surface area is 170 Å². The fourth-order valence-corrected chi connectivity index (χ4v) is 3.57. The minimum Gasteiger partial charge on any atom is -0.345 e. The van der Waals surface area contributed by atoms with Crippen molar-refractivity contribution in [1.82, 2.24) is 10.3 Å². The van der Waals surface area contributed by atoms with Gasteiger partial charge in [-0.2, -0.15) is 0 Å². The molecule has 0 saturated heterocycles. The number of rotatable bonds is 7. The molecule has 0 aliphatic rings. The Hall–Kier alpha value is -1.21. The maximum Gasteiger partial charge on any atom is 0.263 e. The lowest BCUT2D eigenvalue weighted by Crippen LogP contribution is -2.52. The second-order valence-electron chi connectivity index (χ2n) is 5.97. The molecular weight excluding hydrogens is 396 g/mol. The number of carbonyl (C=O) groups is 1. The average molecular weight is 422 g/mol. The van der Waals surface area contributed by atoms with Gasteiger partial charge in [-0.25, -0.2) is 9.37 Å². The van der Waals surface area contributed by atoms with Crippen LogP contribution in [0.3, 0.4) is 0 Å². The molecule has 0 spiro atoms. The van der Waals surface area contributed by atoms with Crippen molar-refractivity contribution in [1.29, 1.82) is 0 Å². The highest BCUT2D eigenvalue weighted by molar-refractivity contribution is 7.13. The van der Waals surface area contributed by atoms with Crippen LogP contribution >= 0.6 is 36.2 Å². The second kappa shape index (κ2) is 10.8. The first-order valence-corrected chi connectivity index (χ1v) is 8.98. The predicted molar refractivity (Wildman–Crippen MR) is 110 cm³/mol. The average Bonchev–Trinajstić information content (AvgIpc) is 2.95. The molecular formula is C18H26Cl2FN3OS. The molecule has 1 heterocycles. The highest BCUT2D eigenvalue weighted by Crippen LogP contribution is 2.23. The molecule has 1 aromatic heterocycles. The molecule has 0 bridgehead atoms. The summed E-state index contributed by atoms with van der Waals surface area (Å²) in [6.45, 7) is 6.29. The van der Waals surface area contributed by atoms with Gasteiger partial charge in [0.25, 0.3) is 5.91 Å². The van der Waals surface area contributed by atoms with Crippen molar-refractivity contribution in [2.75, 3.05) is 6.54 Å². The molecule has 26 heavy (non-hydrogen) atoms. The lowest BCUT2D eigenvalue weighted by Gasteiger charge is -2.31. The molecule has 2 aromatic rings. The van der Waals surface area contributed by atoms with Gasteiger partial charge in [0.2, 0.25) is 0 Å². The quantitative estimate of drug-likeness (QED) is 0.700. The van der Waals surface area contributed by atoms with Gasteiger partial charge in [-0.1, -0.05) is 26.0 Å². The Bertz CT molecular complexity index is 695. The zero-order valence-corrected chi connectivity index (χ0v) is 17.6. The Morgan fingerprint density at radius 1 is 1.23 bits per heavy atom. The highest BCUT2D eigenvalue weighted by Gasteiger charge is 2.28. The highest BCUT2D eigenvalue weighted by atomic mass is 35.5. The number of benzene rings is 1. The number of aryl methyl sites for hydroxylation is 1. The first-order chi connectivity index (χ1) is 11.4.